The third kappa shape index (κ3) is 5.63. The number of hydrogen-bond donors (Lipinski definition) is 3. The van der Waals surface area contributed by atoms with E-state index in [1.807, 2.05) is 66.7 Å². The first-order valence-corrected chi connectivity index (χ1v) is 18.6. The fourth-order valence-electron chi connectivity index (χ4n) is 8.71. The van der Waals surface area contributed by atoms with Gasteiger partial charge in [-0.1, -0.05) is 96.5 Å². The SMILES string of the molecule is N[C@@H]1c2onc(OCc3ccccc3)c2C(=O)[C@@]2(O)C(=O)C3=C(O)c4c(OCc5ccccc5)cc(CN5CCc6ccccc6C5)c(Cl)c4C[C@H]3C[C@@H]12. The number of fused-ring (bicyclic) bond motifs is 5. The second kappa shape index (κ2) is 13.5. The van der Waals surface area contributed by atoms with Gasteiger partial charge in [0.15, 0.2) is 11.4 Å². The van der Waals surface area contributed by atoms with Gasteiger partial charge in [0.2, 0.25) is 11.6 Å². The fourth-order valence-corrected chi connectivity index (χ4v) is 9.00. The van der Waals surface area contributed by atoms with Crippen molar-refractivity contribution < 1.29 is 33.8 Å². The predicted octanol–water partition coefficient (Wildman–Crippen LogP) is 6.70. The first-order chi connectivity index (χ1) is 26.2. The minimum Gasteiger partial charge on any atom is -0.507 e. The number of rotatable bonds is 8. The molecule has 1 saturated carbocycles. The summed E-state index contributed by atoms with van der Waals surface area (Å²) in [7, 11) is 0. The maximum atomic E-state index is 14.6. The van der Waals surface area contributed by atoms with Crippen LogP contribution >= 0.6 is 11.6 Å². The highest BCUT2D eigenvalue weighted by atomic mass is 35.5. The average molecular weight is 744 g/mol. The summed E-state index contributed by atoms with van der Waals surface area (Å²) in [6.45, 7) is 2.44. The molecule has 0 unspecified atom stereocenters. The number of halogens is 1. The van der Waals surface area contributed by atoms with Gasteiger partial charge in [0.1, 0.15) is 30.3 Å². The van der Waals surface area contributed by atoms with Crippen molar-refractivity contribution >= 4 is 28.9 Å². The lowest BCUT2D eigenvalue weighted by atomic mass is 9.57. The number of carbonyl (C=O) groups excluding carboxylic acids is 2. The molecule has 1 fully saturated rings. The van der Waals surface area contributed by atoms with Crippen molar-refractivity contribution in [1.82, 2.24) is 10.1 Å². The molecule has 0 saturated heterocycles. The van der Waals surface area contributed by atoms with Gasteiger partial charge in [0.25, 0.3) is 5.88 Å². The number of ether oxygens (including phenoxy) is 2. The van der Waals surface area contributed by atoms with Crippen LogP contribution in [0.1, 0.15) is 67.5 Å². The summed E-state index contributed by atoms with van der Waals surface area (Å²) < 4.78 is 17.9. The lowest BCUT2D eigenvalue weighted by molar-refractivity contribution is -0.140. The maximum Gasteiger partial charge on any atom is 0.265 e. The average Bonchev–Trinajstić information content (AvgIpc) is 3.63. The van der Waals surface area contributed by atoms with Crippen LogP contribution in [-0.4, -0.2) is 44.0 Å². The van der Waals surface area contributed by atoms with Gasteiger partial charge in [-0.25, -0.2) is 0 Å². The van der Waals surface area contributed by atoms with E-state index in [0.29, 0.717) is 22.9 Å². The molecule has 0 spiro atoms. The zero-order chi connectivity index (χ0) is 37.1. The van der Waals surface area contributed by atoms with E-state index in [1.54, 1.807) is 0 Å². The zero-order valence-corrected chi connectivity index (χ0v) is 30.1. The molecule has 9 rings (SSSR count). The minimum absolute atomic E-state index is 0.0468. The van der Waals surface area contributed by atoms with E-state index in [-0.39, 0.29) is 60.2 Å². The Hall–Kier alpha value is -5.26. The van der Waals surface area contributed by atoms with Crippen LogP contribution < -0.4 is 15.2 Å². The van der Waals surface area contributed by atoms with Crippen LogP contribution in [0.5, 0.6) is 11.6 Å². The van der Waals surface area contributed by atoms with Gasteiger partial charge in [-0.05, 0) is 69.8 Å². The lowest BCUT2D eigenvalue weighted by Gasteiger charge is -2.47. The van der Waals surface area contributed by atoms with E-state index in [0.717, 1.165) is 36.2 Å². The van der Waals surface area contributed by atoms with Crippen molar-refractivity contribution in [3.8, 4) is 11.6 Å². The standard InChI is InChI=1S/C43H38ClN3O7/c44-36-29(21-47-16-15-26-13-7-8-14-27(26)20-47)19-32(52-22-24-9-3-1-4-10-24)34-30(36)17-28-18-31-37(45)39-35(41(50)43(31,51)40(49)33(28)38(34)48)42(46-54-39)53-23-25-11-5-2-6-12-25/h1-14,19,28,31,37,48,51H,15-18,20-23,45H2/t28-,31-,37-,43-/m0/s1. The summed E-state index contributed by atoms with van der Waals surface area (Å²) in [4.78, 5) is 31.2. The number of hydrogen-bond acceptors (Lipinski definition) is 10. The van der Waals surface area contributed by atoms with Crippen molar-refractivity contribution in [1.29, 1.82) is 0 Å². The highest BCUT2D eigenvalue weighted by Gasteiger charge is 2.64. The molecule has 11 heteroatoms. The van der Waals surface area contributed by atoms with Crippen molar-refractivity contribution in [2.75, 3.05) is 6.54 Å². The van der Waals surface area contributed by atoms with Crippen molar-refractivity contribution in [2.45, 2.75) is 57.2 Å². The number of nitrogens with two attached hydrogens (primary N) is 1. The molecular formula is C43H38ClN3O7. The third-order valence-corrected chi connectivity index (χ3v) is 11.9. The molecule has 0 bridgehead atoms. The van der Waals surface area contributed by atoms with Crippen LogP contribution in [-0.2, 0) is 43.9 Å². The van der Waals surface area contributed by atoms with Gasteiger partial charge in [0.05, 0.1) is 11.6 Å². The Morgan fingerprint density at radius 1 is 0.907 bits per heavy atom. The Morgan fingerprint density at radius 3 is 2.30 bits per heavy atom. The van der Waals surface area contributed by atoms with E-state index < -0.39 is 35.0 Å². The Kier molecular flexibility index (Phi) is 8.66. The second-order valence-electron chi connectivity index (χ2n) is 14.7. The number of aliphatic hydroxyl groups is 2. The quantitative estimate of drug-likeness (QED) is 0.147. The first kappa shape index (κ1) is 34.5. The van der Waals surface area contributed by atoms with Crippen LogP contribution in [0.2, 0.25) is 5.02 Å². The number of benzene rings is 4. The highest BCUT2D eigenvalue weighted by Crippen LogP contribution is 2.55. The molecule has 4 N–H and O–H groups in total. The van der Waals surface area contributed by atoms with Crippen LogP contribution in [0, 0.1) is 11.8 Å². The number of aliphatic hydroxyl groups excluding tert-OH is 1. The molecule has 10 nitrogen and oxygen atoms in total. The number of carbonyl (C=O) groups is 2. The first-order valence-electron chi connectivity index (χ1n) is 18.2. The molecule has 4 aliphatic rings. The summed E-state index contributed by atoms with van der Waals surface area (Å²) >= 11 is 7.26. The Labute approximate surface area is 316 Å². The lowest BCUT2D eigenvalue weighted by Crippen LogP contribution is -2.63. The second-order valence-corrected chi connectivity index (χ2v) is 15.0. The van der Waals surface area contributed by atoms with E-state index in [1.165, 1.54) is 11.1 Å². The summed E-state index contributed by atoms with van der Waals surface area (Å²) in [5.74, 6) is -3.57. The molecule has 2 heterocycles. The zero-order valence-electron chi connectivity index (χ0n) is 29.3. The van der Waals surface area contributed by atoms with E-state index >= 15 is 0 Å². The minimum atomic E-state index is -2.58. The Bertz CT molecular complexity index is 2320. The summed E-state index contributed by atoms with van der Waals surface area (Å²) in [5.41, 5.74) is 10.0. The largest absolute Gasteiger partial charge is 0.507 e. The Morgan fingerprint density at radius 2 is 1.57 bits per heavy atom. The molecule has 274 valence electrons. The molecule has 4 aromatic carbocycles. The number of nitrogens with zero attached hydrogens (tertiary/aromatic N) is 2. The van der Waals surface area contributed by atoms with Crippen LogP contribution in [0.25, 0.3) is 5.76 Å². The molecular weight excluding hydrogens is 706 g/mol. The number of aromatic nitrogens is 1. The molecule has 4 atom stereocenters. The monoisotopic (exact) mass is 743 g/mol. The van der Waals surface area contributed by atoms with Gasteiger partial charge in [0, 0.05) is 36.1 Å². The summed E-state index contributed by atoms with van der Waals surface area (Å²) in [5, 5.41) is 28.8. The van der Waals surface area contributed by atoms with Gasteiger partial charge < -0.3 is 29.9 Å². The van der Waals surface area contributed by atoms with Crippen LogP contribution in [0.4, 0.5) is 0 Å². The normalized spacial score (nSPS) is 23.2. The predicted molar refractivity (Wildman–Crippen MR) is 200 cm³/mol. The van der Waals surface area contributed by atoms with Crippen molar-refractivity contribution in [2.24, 2.45) is 17.6 Å². The summed E-state index contributed by atoms with van der Waals surface area (Å²) in [6.07, 6.45) is 1.29. The molecule has 0 amide bonds. The van der Waals surface area contributed by atoms with Crippen molar-refractivity contribution in [3.05, 3.63) is 152 Å². The highest BCUT2D eigenvalue weighted by molar-refractivity contribution is 6.33. The third-order valence-electron chi connectivity index (χ3n) is 11.5. The Balaban J connectivity index is 1.09. The molecule has 54 heavy (non-hydrogen) atoms. The van der Waals surface area contributed by atoms with Crippen molar-refractivity contribution in [3.63, 3.8) is 0 Å². The van der Waals surface area contributed by atoms with Gasteiger partial charge in [-0.2, -0.15) is 0 Å². The van der Waals surface area contributed by atoms with Crippen LogP contribution in [0.3, 0.4) is 0 Å². The number of Topliss-reactive ketones (excluding diaryl/α,β-unsaturated/α-hetero) is 2. The van der Waals surface area contributed by atoms with E-state index in [4.69, 9.17) is 31.3 Å². The van der Waals surface area contributed by atoms with Gasteiger partial charge in [-0.15, -0.1) is 0 Å². The van der Waals surface area contributed by atoms with Crippen LogP contribution in [0.15, 0.2) is 101 Å². The fraction of sp³-hybridized carbons (Fsp3) is 0.279. The molecule has 1 aliphatic heterocycles. The number of ketones is 2. The maximum absolute atomic E-state index is 14.6. The van der Waals surface area contributed by atoms with E-state index in [2.05, 4.69) is 34.3 Å². The smallest absolute Gasteiger partial charge is 0.265 e. The van der Waals surface area contributed by atoms with E-state index in [9.17, 15) is 19.8 Å². The topological polar surface area (TPSA) is 148 Å². The molecule has 5 aromatic rings. The molecule has 3 aliphatic carbocycles. The van der Waals surface area contributed by atoms with Gasteiger partial charge >= 0.3 is 0 Å². The molecule has 0 radical (unpaired) electrons. The summed E-state index contributed by atoms with van der Waals surface area (Å²) in [6, 6.07) is 28.1. The van der Waals surface area contributed by atoms with Gasteiger partial charge in [-0.3, -0.25) is 14.5 Å². The molecule has 1 aromatic heterocycles.